The zero-order chi connectivity index (χ0) is 13.1. The predicted octanol–water partition coefficient (Wildman–Crippen LogP) is 1.19. The Kier molecular flexibility index (Phi) is 3.32. The predicted molar refractivity (Wildman–Crippen MR) is 69.7 cm³/mol. The lowest BCUT2D eigenvalue weighted by molar-refractivity contribution is 0.391. The second-order valence-corrected chi connectivity index (χ2v) is 4.05. The lowest BCUT2D eigenvalue weighted by Crippen LogP contribution is -2.21. The quantitative estimate of drug-likeness (QED) is 0.881. The molecular weight excluding hydrogens is 230 g/mol. The fraction of sp³-hybridized carbons (Fsp3) is 0.231. The molecule has 2 aromatic rings. The van der Waals surface area contributed by atoms with Gasteiger partial charge in [-0.25, -0.2) is 4.98 Å². The van der Waals surface area contributed by atoms with Crippen molar-refractivity contribution in [3.8, 4) is 5.88 Å². The van der Waals surface area contributed by atoms with Crippen LogP contribution in [0, 0.1) is 6.92 Å². The van der Waals surface area contributed by atoms with Gasteiger partial charge in [-0.2, -0.15) is 0 Å². The van der Waals surface area contributed by atoms with Gasteiger partial charge in [0, 0.05) is 24.0 Å². The van der Waals surface area contributed by atoms with Crippen molar-refractivity contribution in [2.75, 3.05) is 12.8 Å². The summed E-state index contributed by atoms with van der Waals surface area (Å²) in [4.78, 5) is 15.9. The highest BCUT2D eigenvalue weighted by Gasteiger charge is 2.06. The number of methoxy groups -OCH3 is 1. The summed E-state index contributed by atoms with van der Waals surface area (Å²) in [5.74, 6) is 0.517. The number of nitrogens with two attached hydrogens (primary N) is 1. The van der Waals surface area contributed by atoms with Gasteiger partial charge in [0.1, 0.15) is 0 Å². The molecule has 5 nitrogen and oxygen atoms in total. The average Bonchev–Trinajstić information content (AvgIpc) is 2.36. The minimum atomic E-state index is -0.0902. The third-order valence-electron chi connectivity index (χ3n) is 2.76. The van der Waals surface area contributed by atoms with Crippen molar-refractivity contribution in [1.29, 1.82) is 0 Å². The van der Waals surface area contributed by atoms with Crippen LogP contribution in [0.3, 0.4) is 0 Å². The van der Waals surface area contributed by atoms with E-state index in [0.29, 0.717) is 18.1 Å². The van der Waals surface area contributed by atoms with E-state index in [-0.39, 0.29) is 5.56 Å². The van der Waals surface area contributed by atoms with E-state index in [0.717, 1.165) is 11.1 Å². The third kappa shape index (κ3) is 2.34. The van der Waals surface area contributed by atoms with E-state index in [1.807, 2.05) is 13.0 Å². The molecule has 18 heavy (non-hydrogen) atoms. The number of hydrogen-bond donors (Lipinski definition) is 1. The molecule has 0 fully saturated rings. The molecule has 0 radical (unpaired) electrons. The van der Waals surface area contributed by atoms with E-state index in [9.17, 15) is 4.79 Å². The van der Waals surface area contributed by atoms with Crippen molar-refractivity contribution in [2.45, 2.75) is 13.5 Å². The van der Waals surface area contributed by atoms with Crippen LogP contribution in [-0.4, -0.2) is 16.7 Å². The second-order valence-electron chi connectivity index (χ2n) is 4.05. The monoisotopic (exact) mass is 245 g/mol. The highest BCUT2D eigenvalue weighted by Crippen LogP contribution is 2.15. The van der Waals surface area contributed by atoms with Gasteiger partial charge in [0.2, 0.25) is 5.88 Å². The Hall–Kier alpha value is -2.30. The smallest absolute Gasteiger partial charge is 0.251 e. The number of aromatic nitrogens is 2. The molecule has 0 aliphatic carbocycles. The zero-order valence-electron chi connectivity index (χ0n) is 10.4. The van der Waals surface area contributed by atoms with Crippen molar-refractivity contribution in [1.82, 2.24) is 9.55 Å². The number of aryl methyl sites for hydroxylation is 1. The summed E-state index contributed by atoms with van der Waals surface area (Å²) >= 11 is 0. The Balaban J connectivity index is 2.40. The Morgan fingerprint density at radius 3 is 3.00 bits per heavy atom. The summed E-state index contributed by atoms with van der Waals surface area (Å²) in [6.45, 7) is 2.20. The maximum absolute atomic E-state index is 11.8. The zero-order valence-corrected chi connectivity index (χ0v) is 10.4. The lowest BCUT2D eigenvalue weighted by atomic mass is 10.2. The van der Waals surface area contributed by atoms with Gasteiger partial charge >= 0.3 is 0 Å². The number of anilines is 1. The molecule has 0 amide bonds. The van der Waals surface area contributed by atoms with Gasteiger partial charge in [-0.05, 0) is 18.6 Å². The first-order valence-corrected chi connectivity index (χ1v) is 5.56. The molecule has 0 aromatic carbocycles. The fourth-order valence-corrected chi connectivity index (χ4v) is 1.72. The highest BCUT2D eigenvalue weighted by molar-refractivity contribution is 5.43. The van der Waals surface area contributed by atoms with E-state index >= 15 is 0 Å². The normalized spacial score (nSPS) is 10.3. The standard InChI is InChI=1S/C13H15N3O2/c1-9-6-12(17)16(8-11(9)14)7-10-4-3-5-15-13(10)18-2/h3-6,8H,7,14H2,1-2H3. The molecule has 2 aromatic heterocycles. The lowest BCUT2D eigenvalue weighted by Gasteiger charge is -2.10. The third-order valence-corrected chi connectivity index (χ3v) is 2.76. The van der Waals surface area contributed by atoms with E-state index < -0.39 is 0 Å². The maximum Gasteiger partial charge on any atom is 0.251 e. The molecule has 0 bridgehead atoms. The van der Waals surface area contributed by atoms with Crippen molar-refractivity contribution >= 4 is 5.69 Å². The molecular formula is C13H15N3O2. The van der Waals surface area contributed by atoms with Crippen molar-refractivity contribution in [2.24, 2.45) is 0 Å². The minimum Gasteiger partial charge on any atom is -0.481 e. The number of ether oxygens (including phenoxy) is 1. The number of nitrogens with zero attached hydrogens (tertiary/aromatic N) is 2. The summed E-state index contributed by atoms with van der Waals surface area (Å²) in [5, 5.41) is 0. The Labute approximate surface area is 105 Å². The Morgan fingerprint density at radius 2 is 2.28 bits per heavy atom. The summed E-state index contributed by atoms with van der Waals surface area (Å²) in [6.07, 6.45) is 3.29. The van der Waals surface area contributed by atoms with Crippen molar-refractivity contribution < 1.29 is 4.74 Å². The molecule has 0 unspecified atom stereocenters. The molecule has 0 aliphatic rings. The molecule has 2 rings (SSSR count). The van der Waals surface area contributed by atoms with Crippen LogP contribution in [0.25, 0.3) is 0 Å². The van der Waals surface area contributed by atoms with Gasteiger partial charge in [0.25, 0.3) is 5.56 Å². The van der Waals surface area contributed by atoms with Crippen molar-refractivity contribution in [3.63, 3.8) is 0 Å². The Morgan fingerprint density at radius 1 is 1.50 bits per heavy atom. The average molecular weight is 245 g/mol. The first kappa shape index (κ1) is 12.2. The number of rotatable bonds is 3. The van der Waals surface area contributed by atoms with E-state index in [1.165, 1.54) is 6.07 Å². The first-order valence-electron chi connectivity index (χ1n) is 5.56. The molecule has 0 saturated carbocycles. The van der Waals surface area contributed by atoms with Crippen LogP contribution >= 0.6 is 0 Å². The summed E-state index contributed by atoms with van der Waals surface area (Å²) < 4.78 is 6.70. The van der Waals surface area contributed by atoms with Crippen LogP contribution in [0.2, 0.25) is 0 Å². The van der Waals surface area contributed by atoms with Crippen LogP contribution < -0.4 is 16.0 Å². The van der Waals surface area contributed by atoms with Crippen LogP contribution in [0.15, 0.2) is 35.4 Å². The fourth-order valence-electron chi connectivity index (χ4n) is 1.72. The largest absolute Gasteiger partial charge is 0.481 e. The van der Waals surface area contributed by atoms with E-state index in [4.69, 9.17) is 10.5 Å². The SMILES string of the molecule is COc1ncccc1Cn1cc(N)c(C)cc1=O. The van der Waals surface area contributed by atoms with Gasteiger partial charge in [-0.3, -0.25) is 4.79 Å². The van der Waals surface area contributed by atoms with Crippen molar-refractivity contribution in [3.05, 3.63) is 52.1 Å². The summed E-state index contributed by atoms with van der Waals surface area (Å²) in [5.41, 5.74) is 7.94. The number of hydrogen-bond acceptors (Lipinski definition) is 4. The van der Waals surface area contributed by atoms with E-state index in [2.05, 4.69) is 4.98 Å². The Bertz CT molecular complexity index is 620. The topological polar surface area (TPSA) is 70.1 Å². The van der Waals surface area contributed by atoms with Gasteiger partial charge in [-0.1, -0.05) is 6.07 Å². The molecule has 0 spiro atoms. The molecule has 0 atom stereocenters. The molecule has 0 saturated heterocycles. The van der Waals surface area contributed by atoms with Crippen LogP contribution in [0.5, 0.6) is 5.88 Å². The number of pyridine rings is 2. The molecule has 5 heteroatoms. The summed E-state index contributed by atoms with van der Waals surface area (Å²) in [7, 11) is 1.55. The van der Waals surface area contributed by atoms with E-state index in [1.54, 1.807) is 30.1 Å². The number of nitrogen functional groups attached to an aromatic ring is 1. The molecule has 0 aliphatic heterocycles. The van der Waals surface area contributed by atoms with Crippen LogP contribution in [0.1, 0.15) is 11.1 Å². The van der Waals surface area contributed by atoms with Crippen LogP contribution in [-0.2, 0) is 6.54 Å². The van der Waals surface area contributed by atoms with Gasteiger partial charge in [0.15, 0.2) is 0 Å². The second kappa shape index (κ2) is 4.91. The highest BCUT2D eigenvalue weighted by atomic mass is 16.5. The molecule has 2 N–H and O–H groups in total. The molecule has 2 heterocycles. The van der Waals surface area contributed by atoms with Crippen LogP contribution in [0.4, 0.5) is 5.69 Å². The minimum absolute atomic E-state index is 0.0902. The van der Waals surface area contributed by atoms with Gasteiger partial charge < -0.3 is 15.0 Å². The van der Waals surface area contributed by atoms with Gasteiger partial charge in [0.05, 0.1) is 19.3 Å². The first-order chi connectivity index (χ1) is 8.61. The maximum atomic E-state index is 11.8. The van der Waals surface area contributed by atoms with Gasteiger partial charge in [-0.15, -0.1) is 0 Å². The molecule has 94 valence electrons. The summed E-state index contributed by atoms with van der Waals surface area (Å²) in [6, 6.07) is 5.20.